The number of halogens is 1. The van der Waals surface area contributed by atoms with Gasteiger partial charge in [0.05, 0.1) is 0 Å². The van der Waals surface area contributed by atoms with Gasteiger partial charge in [-0.1, -0.05) is 26.0 Å². The Hall–Kier alpha value is -0.690. The summed E-state index contributed by atoms with van der Waals surface area (Å²) in [7, 11) is 0. The second-order valence-electron chi connectivity index (χ2n) is 4.20. The Morgan fingerprint density at radius 1 is 1.33 bits per heavy atom. The number of benzene rings is 1. The molecule has 2 heteroatoms. The number of aryl methyl sites for hydroxylation is 1. The third-order valence-electron chi connectivity index (χ3n) is 2.55. The third kappa shape index (κ3) is 3.75. The standard InChI is InChI=1S/C13H20ClN/c1-10(2)12-6-5-11(3)13(9-12)15-8-4-7-14/h5-6,9-10,15H,4,7-8H2,1-3H3. The Balaban J connectivity index is 2.72. The molecule has 0 aliphatic rings. The summed E-state index contributed by atoms with van der Waals surface area (Å²) < 4.78 is 0. The van der Waals surface area contributed by atoms with Crippen LogP contribution < -0.4 is 5.32 Å². The first kappa shape index (κ1) is 12.4. The fraction of sp³-hybridized carbons (Fsp3) is 0.538. The van der Waals surface area contributed by atoms with Gasteiger partial charge in [0.2, 0.25) is 0 Å². The van der Waals surface area contributed by atoms with E-state index in [1.54, 1.807) is 0 Å². The average molecular weight is 226 g/mol. The van der Waals surface area contributed by atoms with E-state index in [2.05, 4.69) is 44.3 Å². The predicted molar refractivity (Wildman–Crippen MR) is 69.1 cm³/mol. The van der Waals surface area contributed by atoms with Crippen LogP contribution in [0.4, 0.5) is 5.69 Å². The van der Waals surface area contributed by atoms with E-state index in [4.69, 9.17) is 11.6 Å². The highest BCUT2D eigenvalue weighted by molar-refractivity contribution is 6.17. The van der Waals surface area contributed by atoms with Gasteiger partial charge >= 0.3 is 0 Å². The van der Waals surface area contributed by atoms with E-state index in [-0.39, 0.29) is 0 Å². The molecule has 0 aliphatic carbocycles. The van der Waals surface area contributed by atoms with Crippen molar-refractivity contribution in [2.24, 2.45) is 0 Å². The SMILES string of the molecule is Cc1ccc(C(C)C)cc1NCCCCl. The Morgan fingerprint density at radius 2 is 2.07 bits per heavy atom. The lowest BCUT2D eigenvalue weighted by Gasteiger charge is -2.12. The molecule has 0 unspecified atom stereocenters. The third-order valence-corrected chi connectivity index (χ3v) is 2.82. The smallest absolute Gasteiger partial charge is 0.0372 e. The monoisotopic (exact) mass is 225 g/mol. The number of alkyl halides is 1. The molecule has 0 saturated carbocycles. The number of rotatable bonds is 5. The van der Waals surface area contributed by atoms with Gasteiger partial charge in [0.1, 0.15) is 0 Å². The van der Waals surface area contributed by atoms with Crippen molar-refractivity contribution in [2.45, 2.75) is 33.1 Å². The predicted octanol–water partition coefficient (Wildman–Crippen LogP) is 4.16. The number of hydrogen-bond acceptors (Lipinski definition) is 1. The fourth-order valence-electron chi connectivity index (χ4n) is 1.48. The molecular weight excluding hydrogens is 206 g/mol. The maximum atomic E-state index is 5.65. The largest absolute Gasteiger partial charge is 0.385 e. The van der Waals surface area contributed by atoms with Crippen LogP contribution in [0.1, 0.15) is 37.3 Å². The highest BCUT2D eigenvalue weighted by Gasteiger charge is 2.02. The van der Waals surface area contributed by atoms with Crippen molar-refractivity contribution in [1.82, 2.24) is 0 Å². The van der Waals surface area contributed by atoms with Crippen LogP contribution in [-0.2, 0) is 0 Å². The molecule has 1 rings (SSSR count). The van der Waals surface area contributed by atoms with Crippen LogP contribution in [0, 0.1) is 6.92 Å². The number of nitrogens with one attached hydrogen (secondary N) is 1. The topological polar surface area (TPSA) is 12.0 Å². The van der Waals surface area contributed by atoms with E-state index >= 15 is 0 Å². The second-order valence-corrected chi connectivity index (χ2v) is 4.58. The van der Waals surface area contributed by atoms with Crippen LogP contribution in [0.25, 0.3) is 0 Å². The van der Waals surface area contributed by atoms with Gasteiger partial charge in [-0.05, 0) is 36.5 Å². The summed E-state index contributed by atoms with van der Waals surface area (Å²) in [6, 6.07) is 6.62. The van der Waals surface area contributed by atoms with E-state index in [0.717, 1.165) is 18.8 Å². The molecule has 0 amide bonds. The first-order valence-electron chi connectivity index (χ1n) is 5.55. The summed E-state index contributed by atoms with van der Waals surface area (Å²) in [6.07, 6.45) is 1.01. The lowest BCUT2D eigenvalue weighted by atomic mass is 10.0. The molecule has 0 radical (unpaired) electrons. The Labute approximate surface area is 97.8 Å². The normalized spacial score (nSPS) is 10.7. The summed E-state index contributed by atoms with van der Waals surface area (Å²) in [6.45, 7) is 7.51. The summed E-state index contributed by atoms with van der Waals surface area (Å²) in [4.78, 5) is 0. The van der Waals surface area contributed by atoms with Crippen LogP contribution in [0.5, 0.6) is 0 Å². The Bertz CT molecular complexity index is 307. The first-order chi connectivity index (χ1) is 7.15. The Kier molecular flexibility index (Phi) is 4.97. The highest BCUT2D eigenvalue weighted by atomic mass is 35.5. The maximum absolute atomic E-state index is 5.65. The maximum Gasteiger partial charge on any atom is 0.0372 e. The van der Waals surface area contributed by atoms with Crippen molar-refractivity contribution < 1.29 is 0 Å². The molecule has 0 heterocycles. The fourth-order valence-corrected chi connectivity index (χ4v) is 1.61. The summed E-state index contributed by atoms with van der Waals surface area (Å²) in [5, 5.41) is 3.42. The molecule has 1 aromatic carbocycles. The number of anilines is 1. The highest BCUT2D eigenvalue weighted by Crippen LogP contribution is 2.22. The van der Waals surface area contributed by atoms with E-state index < -0.39 is 0 Å². The van der Waals surface area contributed by atoms with Crippen molar-refractivity contribution in [2.75, 3.05) is 17.7 Å². The molecule has 1 N–H and O–H groups in total. The van der Waals surface area contributed by atoms with Crippen LogP contribution in [-0.4, -0.2) is 12.4 Å². The molecule has 1 nitrogen and oxygen atoms in total. The molecule has 0 aliphatic heterocycles. The summed E-state index contributed by atoms with van der Waals surface area (Å²) >= 11 is 5.65. The Morgan fingerprint density at radius 3 is 2.67 bits per heavy atom. The van der Waals surface area contributed by atoms with Crippen LogP contribution >= 0.6 is 11.6 Å². The second kappa shape index (κ2) is 6.02. The molecule has 0 saturated heterocycles. The average Bonchev–Trinajstić information content (AvgIpc) is 2.20. The zero-order valence-electron chi connectivity index (χ0n) is 9.81. The van der Waals surface area contributed by atoms with Gasteiger partial charge in [0.25, 0.3) is 0 Å². The molecule has 0 fully saturated rings. The van der Waals surface area contributed by atoms with Crippen LogP contribution in [0.2, 0.25) is 0 Å². The zero-order valence-corrected chi connectivity index (χ0v) is 10.6. The first-order valence-corrected chi connectivity index (χ1v) is 6.09. The lowest BCUT2D eigenvalue weighted by molar-refractivity contribution is 0.865. The van der Waals surface area contributed by atoms with Gasteiger partial charge in [-0.2, -0.15) is 0 Å². The minimum Gasteiger partial charge on any atom is -0.385 e. The zero-order chi connectivity index (χ0) is 11.3. The van der Waals surface area contributed by atoms with E-state index in [0.29, 0.717) is 5.92 Å². The summed E-state index contributed by atoms with van der Waals surface area (Å²) in [5.74, 6) is 1.30. The van der Waals surface area contributed by atoms with Crippen LogP contribution in [0.3, 0.4) is 0 Å². The van der Waals surface area contributed by atoms with Crippen molar-refractivity contribution >= 4 is 17.3 Å². The number of hydrogen-bond donors (Lipinski definition) is 1. The van der Waals surface area contributed by atoms with Gasteiger partial charge < -0.3 is 5.32 Å². The van der Waals surface area contributed by atoms with Crippen molar-refractivity contribution in [3.8, 4) is 0 Å². The van der Waals surface area contributed by atoms with Crippen molar-refractivity contribution in [1.29, 1.82) is 0 Å². The molecule has 0 aromatic heterocycles. The molecule has 0 spiro atoms. The molecule has 84 valence electrons. The van der Waals surface area contributed by atoms with Crippen molar-refractivity contribution in [3.63, 3.8) is 0 Å². The minimum atomic E-state index is 0.583. The van der Waals surface area contributed by atoms with Gasteiger partial charge in [-0.25, -0.2) is 0 Å². The molecular formula is C13H20ClN. The van der Waals surface area contributed by atoms with Gasteiger partial charge in [0.15, 0.2) is 0 Å². The van der Waals surface area contributed by atoms with Crippen LogP contribution in [0.15, 0.2) is 18.2 Å². The molecule has 0 bridgehead atoms. The summed E-state index contributed by atoms with van der Waals surface area (Å²) in [5.41, 5.74) is 3.93. The molecule has 1 aromatic rings. The molecule has 0 atom stereocenters. The van der Waals surface area contributed by atoms with E-state index in [9.17, 15) is 0 Å². The van der Waals surface area contributed by atoms with Gasteiger partial charge in [-0.3, -0.25) is 0 Å². The van der Waals surface area contributed by atoms with Gasteiger partial charge in [0, 0.05) is 18.1 Å². The van der Waals surface area contributed by atoms with E-state index in [1.165, 1.54) is 16.8 Å². The van der Waals surface area contributed by atoms with Crippen molar-refractivity contribution in [3.05, 3.63) is 29.3 Å². The quantitative estimate of drug-likeness (QED) is 0.586. The van der Waals surface area contributed by atoms with E-state index in [1.807, 2.05) is 0 Å². The minimum absolute atomic E-state index is 0.583. The lowest BCUT2D eigenvalue weighted by Crippen LogP contribution is -2.04. The molecule has 15 heavy (non-hydrogen) atoms. The van der Waals surface area contributed by atoms with Gasteiger partial charge in [-0.15, -0.1) is 11.6 Å².